The molecule has 0 N–H and O–H groups in total. The summed E-state index contributed by atoms with van der Waals surface area (Å²) in [6.07, 6.45) is -3.31. The van der Waals surface area contributed by atoms with Gasteiger partial charge in [0.1, 0.15) is 17.6 Å². The predicted molar refractivity (Wildman–Crippen MR) is 169 cm³/mol. The van der Waals surface area contributed by atoms with Crippen LogP contribution in [0.1, 0.15) is 56.1 Å². The van der Waals surface area contributed by atoms with Crippen molar-refractivity contribution in [3.05, 3.63) is 99.5 Å². The topological polar surface area (TPSA) is 79.7 Å². The number of ketones is 1. The molecular weight excluding hydrogens is 597 g/mol. The van der Waals surface area contributed by atoms with Crippen LogP contribution in [0.5, 0.6) is 11.5 Å². The summed E-state index contributed by atoms with van der Waals surface area (Å²) in [5.74, 6) is 0.157. The Morgan fingerprint density at radius 1 is 1.07 bits per heavy atom. The van der Waals surface area contributed by atoms with Crippen molar-refractivity contribution in [2.75, 3.05) is 6.61 Å². The van der Waals surface area contributed by atoms with Crippen molar-refractivity contribution in [2.24, 2.45) is 0 Å². The second kappa shape index (κ2) is 11.6. The Kier molecular flexibility index (Phi) is 7.88. The van der Waals surface area contributed by atoms with Crippen LogP contribution in [-0.4, -0.2) is 33.9 Å². The maximum absolute atomic E-state index is 13.4. The van der Waals surface area contributed by atoms with Crippen molar-refractivity contribution in [1.82, 2.24) is 9.55 Å². The van der Waals surface area contributed by atoms with Crippen molar-refractivity contribution >= 4 is 27.6 Å². The molecule has 3 aromatic carbocycles. The van der Waals surface area contributed by atoms with Crippen LogP contribution >= 0.6 is 0 Å². The van der Waals surface area contributed by atoms with Crippen LogP contribution < -0.4 is 15.0 Å². The number of Topliss-reactive ketones (excluding diaryl/α,β-unsaturated/α-hetero) is 1. The number of ether oxygens (including phenoxy) is 3. The van der Waals surface area contributed by atoms with Gasteiger partial charge in [-0.3, -0.25) is 14.6 Å². The van der Waals surface area contributed by atoms with E-state index in [-0.39, 0.29) is 23.6 Å². The number of carbonyl (C=O) groups excluding carboxylic acids is 1. The zero-order valence-electron chi connectivity index (χ0n) is 26.1. The molecule has 0 saturated carbocycles. The first kappa shape index (κ1) is 31.3. The number of aromatic nitrogens is 2. The van der Waals surface area contributed by atoms with Crippen LogP contribution in [0.25, 0.3) is 32.9 Å². The standard InChI is InChI=1S/C36H33F3N2O5/c1-20-17-27-25(10-12-29(43)41(27)19-22-7-6-8-24(18-22)45-36(37,38)39)32(30(20)34(21(2)42)46-35(3,4)5)26-9-11-28-31-23(14-16-44-28)13-15-40-33(26)31/h6-13,15,17-18,34H,14,16,19H2,1-5H3/t34-/m1/s1. The van der Waals surface area contributed by atoms with Crippen molar-refractivity contribution < 1.29 is 32.2 Å². The molecule has 5 aromatic rings. The zero-order valence-corrected chi connectivity index (χ0v) is 26.1. The summed E-state index contributed by atoms with van der Waals surface area (Å²) in [5, 5.41) is 1.55. The quantitative estimate of drug-likeness (QED) is 0.182. The van der Waals surface area contributed by atoms with Gasteiger partial charge in [0.2, 0.25) is 0 Å². The van der Waals surface area contributed by atoms with Gasteiger partial charge in [-0.2, -0.15) is 0 Å². The van der Waals surface area contributed by atoms with Crippen LogP contribution in [0.3, 0.4) is 0 Å². The maximum Gasteiger partial charge on any atom is 0.573 e. The Hall–Kier alpha value is -4.70. The Morgan fingerprint density at radius 2 is 1.85 bits per heavy atom. The number of aryl methyl sites for hydroxylation is 1. The molecule has 0 bridgehead atoms. The van der Waals surface area contributed by atoms with Crippen LogP contribution in [0, 0.1) is 6.92 Å². The summed E-state index contributed by atoms with van der Waals surface area (Å²) < 4.78 is 56.9. The van der Waals surface area contributed by atoms with Gasteiger partial charge < -0.3 is 18.8 Å². The Morgan fingerprint density at radius 3 is 2.57 bits per heavy atom. The van der Waals surface area contributed by atoms with Crippen LogP contribution in [0.4, 0.5) is 13.2 Å². The molecule has 1 aliphatic rings. The third-order valence-electron chi connectivity index (χ3n) is 7.96. The fourth-order valence-electron chi connectivity index (χ4n) is 6.20. The summed E-state index contributed by atoms with van der Waals surface area (Å²) in [7, 11) is 0. The van der Waals surface area contributed by atoms with E-state index in [1.165, 1.54) is 35.8 Å². The molecule has 0 aliphatic carbocycles. The highest BCUT2D eigenvalue weighted by Gasteiger charge is 2.32. The first-order valence-electron chi connectivity index (χ1n) is 14.9. The van der Waals surface area contributed by atoms with Gasteiger partial charge >= 0.3 is 6.36 Å². The van der Waals surface area contributed by atoms with Crippen molar-refractivity contribution in [2.45, 2.75) is 65.7 Å². The number of pyridine rings is 2. The molecule has 0 unspecified atom stereocenters. The number of halogens is 3. The highest BCUT2D eigenvalue weighted by Crippen LogP contribution is 2.45. The lowest BCUT2D eigenvalue weighted by Crippen LogP contribution is -2.27. The van der Waals surface area contributed by atoms with E-state index in [1.807, 2.05) is 52.0 Å². The zero-order chi connectivity index (χ0) is 33.0. The van der Waals surface area contributed by atoms with E-state index in [2.05, 4.69) is 4.74 Å². The van der Waals surface area contributed by atoms with E-state index in [0.717, 1.165) is 28.7 Å². The molecule has 0 amide bonds. The van der Waals surface area contributed by atoms with Gasteiger partial charge in [0.25, 0.3) is 5.56 Å². The lowest BCUT2D eigenvalue weighted by Gasteiger charge is -2.30. The van der Waals surface area contributed by atoms with E-state index in [0.29, 0.717) is 45.3 Å². The molecule has 1 atom stereocenters. The van der Waals surface area contributed by atoms with Gasteiger partial charge in [0.15, 0.2) is 5.78 Å². The van der Waals surface area contributed by atoms with E-state index in [4.69, 9.17) is 14.5 Å². The number of hydrogen-bond acceptors (Lipinski definition) is 6. The van der Waals surface area contributed by atoms with Crippen molar-refractivity contribution in [3.63, 3.8) is 0 Å². The third-order valence-corrected chi connectivity index (χ3v) is 7.96. The second-order valence-corrected chi connectivity index (χ2v) is 12.5. The summed E-state index contributed by atoms with van der Waals surface area (Å²) >= 11 is 0. The number of benzene rings is 3. The monoisotopic (exact) mass is 630 g/mol. The summed E-state index contributed by atoms with van der Waals surface area (Å²) in [4.78, 5) is 31.5. The van der Waals surface area contributed by atoms with Crippen molar-refractivity contribution in [1.29, 1.82) is 0 Å². The fourth-order valence-corrected chi connectivity index (χ4v) is 6.20. The molecule has 6 rings (SSSR count). The average Bonchev–Trinajstić information content (AvgIpc) is 2.97. The fraction of sp³-hybridized carbons (Fsp3) is 0.306. The van der Waals surface area contributed by atoms with Crippen LogP contribution in [0.15, 0.2) is 71.7 Å². The Bertz CT molecular complexity index is 2050. The molecule has 1 aliphatic heterocycles. The number of fused-ring (bicyclic) bond motifs is 1. The van der Waals surface area contributed by atoms with E-state index in [1.54, 1.807) is 18.3 Å². The minimum atomic E-state index is -4.85. The molecular formula is C36H33F3N2O5. The summed E-state index contributed by atoms with van der Waals surface area (Å²) in [6, 6.07) is 16.3. The van der Waals surface area contributed by atoms with E-state index >= 15 is 0 Å². The molecule has 0 spiro atoms. The minimum absolute atomic E-state index is 0.0198. The number of rotatable bonds is 7. The normalized spacial score (nSPS) is 13.9. The van der Waals surface area contributed by atoms with Gasteiger partial charge in [0, 0.05) is 35.0 Å². The van der Waals surface area contributed by atoms with Gasteiger partial charge in [-0.1, -0.05) is 12.1 Å². The molecule has 3 heterocycles. The van der Waals surface area contributed by atoms with Gasteiger partial charge in [0.05, 0.1) is 29.8 Å². The smallest absolute Gasteiger partial charge is 0.493 e. The highest BCUT2D eigenvalue weighted by molar-refractivity contribution is 6.08. The number of nitrogens with zero attached hydrogens (tertiary/aromatic N) is 2. The molecule has 2 aromatic heterocycles. The lowest BCUT2D eigenvalue weighted by molar-refractivity contribution is -0.274. The molecule has 7 nitrogen and oxygen atoms in total. The largest absolute Gasteiger partial charge is 0.573 e. The maximum atomic E-state index is 13.4. The molecule has 0 saturated heterocycles. The first-order chi connectivity index (χ1) is 21.7. The van der Waals surface area contributed by atoms with Gasteiger partial charge in [-0.15, -0.1) is 13.2 Å². The molecule has 46 heavy (non-hydrogen) atoms. The van der Waals surface area contributed by atoms with Crippen molar-refractivity contribution in [3.8, 4) is 22.6 Å². The Balaban J connectivity index is 1.65. The number of alkyl halides is 3. The number of carbonyl (C=O) groups is 1. The second-order valence-electron chi connectivity index (χ2n) is 12.5. The van der Waals surface area contributed by atoms with Gasteiger partial charge in [-0.25, -0.2) is 0 Å². The summed E-state index contributed by atoms with van der Waals surface area (Å²) in [6.45, 7) is 9.54. The lowest BCUT2D eigenvalue weighted by atomic mass is 9.85. The minimum Gasteiger partial charge on any atom is -0.493 e. The molecule has 10 heteroatoms. The average molecular weight is 631 g/mol. The molecule has 238 valence electrons. The molecule has 0 radical (unpaired) electrons. The third kappa shape index (κ3) is 6.09. The predicted octanol–water partition coefficient (Wildman–Crippen LogP) is 7.85. The van der Waals surface area contributed by atoms with Crippen LogP contribution in [-0.2, 0) is 22.5 Å². The van der Waals surface area contributed by atoms with E-state index in [9.17, 15) is 22.8 Å². The molecule has 0 fully saturated rings. The van der Waals surface area contributed by atoms with Crippen LogP contribution in [0.2, 0.25) is 0 Å². The highest BCUT2D eigenvalue weighted by atomic mass is 19.4. The first-order valence-corrected chi connectivity index (χ1v) is 14.9. The Labute approximate surface area is 263 Å². The number of hydrogen-bond donors (Lipinski definition) is 0. The SMILES string of the molecule is CC(=O)[C@@H](OC(C)(C)C)c1c(C)cc2c(ccc(=O)n2Cc2cccc(OC(F)(F)F)c2)c1-c1ccc2c3c(ccnc13)CCO2. The van der Waals surface area contributed by atoms with Gasteiger partial charge in [-0.05, 0) is 105 Å². The van der Waals surface area contributed by atoms with E-state index < -0.39 is 18.1 Å². The summed E-state index contributed by atoms with van der Waals surface area (Å²) in [5.41, 5.74) is 4.55.